The molecule has 108 valence electrons. The second kappa shape index (κ2) is 7.40. The normalized spacial score (nSPS) is 26.4. The van der Waals surface area contributed by atoms with Crippen molar-refractivity contribution < 1.29 is 0 Å². The summed E-state index contributed by atoms with van der Waals surface area (Å²) in [7, 11) is 2.16. The fourth-order valence-electron chi connectivity index (χ4n) is 3.43. The summed E-state index contributed by atoms with van der Waals surface area (Å²) < 4.78 is 0. The van der Waals surface area contributed by atoms with E-state index < -0.39 is 0 Å². The minimum Gasteiger partial charge on any atom is -0.298 e. The Morgan fingerprint density at radius 1 is 1.35 bits per heavy atom. The van der Waals surface area contributed by atoms with Gasteiger partial charge in [-0.15, -0.1) is 0 Å². The van der Waals surface area contributed by atoms with E-state index >= 15 is 0 Å². The van der Waals surface area contributed by atoms with E-state index in [1.165, 1.54) is 31.2 Å². The molecule has 1 aromatic rings. The zero-order valence-electron chi connectivity index (χ0n) is 12.6. The highest BCUT2D eigenvalue weighted by molar-refractivity contribution is 5.10. The highest BCUT2D eigenvalue weighted by Gasteiger charge is 2.32. The van der Waals surface area contributed by atoms with Gasteiger partial charge in [0.2, 0.25) is 0 Å². The van der Waals surface area contributed by atoms with Gasteiger partial charge in [-0.1, -0.05) is 19.8 Å². The first kappa shape index (κ1) is 15.0. The third-order valence-electron chi connectivity index (χ3n) is 4.54. The van der Waals surface area contributed by atoms with Crippen molar-refractivity contribution in [1.82, 2.24) is 9.88 Å². The van der Waals surface area contributed by atoms with Gasteiger partial charge in [-0.25, -0.2) is 0 Å². The van der Waals surface area contributed by atoms with E-state index in [0.717, 1.165) is 18.9 Å². The maximum atomic E-state index is 9.41. The van der Waals surface area contributed by atoms with Crippen LogP contribution < -0.4 is 0 Å². The Kier molecular flexibility index (Phi) is 5.55. The topological polar surface area (TPSA) is 39.9 Å². The Morgan fingerprint density at radius 3 is 2.75 bits per heavy atom. The van der Waals surface area contributed by atoms with Crippen LogP contribution in [0, 0.1) is 23.2 Å². The zero-order chi connectivity index (χ0) is 14.4. The Morgan fingerprint density at radius 2 is 2.10 bits per heavy atom. The number of pyridine rings is 1. The summed E-state index contributed by atoms with van der Waals surface area (Å²) in [4.78, 5) is 6.43. The molecule has 3 atom stereocenters. The SMILES string of the molecule is CCCC1CCC(C#N)C(N(C)Cc2ccncc2)C1. The molecule has 1 saturated carbocycles. The lowest BCUT2D eigenvalue weighted by Crippen LogP contribution is -2.41. The molecule has 0 radical (unpaired) electrons. The van der Waals surface area contributed by atoms with Crippen LogP contribution in [-0.4, -0.2) is 23.0 Å². The smallest absolute Gasteiger partial charge is 0.0672 e. The van der Waals surface area contributed by atoms with E-state index in [-0.39, 0.29) is 5.92 Å². The van der Waals surface area contributed by atoms with Crippen LogP contribution in [-0.2, 0) is 6.54 Å². The second-order valence-electron chi connectivity index (χ2n) is 6.04. The van der Waals surface area contributed by atoms with Crippen molar-refractivity contribution in [1.29, 1.82) is 5.26 Å². The summed E-state index contributed by atoms with van der Waals surface area (Å²) in [5.41, 5.74) is 1.27. The molecule has 0 amide bonds. The molecule has 1 aliphatic rings. The van der Waals surface area contributed by atoms with Crippen molar-refractivity contribution >= 4 is 0 Å². The molecular formula is C17H25N3. The van der Waals surface area contributed by atoms with E-state index in [4.69, 9.17) is 0 Å². The van der Waals surface area contributed by atoms with E-state index in [1.807, 2.05) is 12.4 Å². The monoisotopic (exact) mass is 271 g/mol. The molecule has 3 nitrogen and oxygen atoms in total. The Bertz CT molecular complexity index is 437. The van der Waals surface area contributed by atoms with Gasteiger partial charge in [0.25, 0.3) is 0 Å². The lowest BCUT2D eigenvalue weighted by atomic mass is 9.76. The zero-order valence-corrected chi connectivity index (χ0v) is 12.6. The summed E-state index contributed by atoms with van der Waals surface area (Å²) in [6, 6.07) is 7.05. The molecule has 20 heavy (non-hydrogen) atoms. The number of nitrogens with zero attached hydrogens (tertiary/aromatic N) is 3. The fourth-order valence-corrected chi connectivity index (χ4v) is 3.43. The van der Waals surface area contributed by atoms with E-state index in [0.29, 0.717) is 6.04 Å². The maximum Gasteiger partial charge on any atom is 0.0672 e. The van der Waals surface area contributed by atoms with Crippen LogP contribution in [0.4, 0.5) is 0 Å². The minimum atomic E-state index is 0.190. The lowest BCUT2D eigenvalue weighted by Gasteiger charge is -2.38. The van der Waals surface area contributed by atoms with Gasteiger partial charge in [0.1, 0.15) is 0 Å². The van der Waals surface area contributed by atoms with Crippen LogP contribution in [0.25, 0.3) is 0 Å². The Balaban J connectivity index is 2.01. The third-order valence-corrected chi connectivity index (χ3v) is 4.54. The quantitative estimate of drug-likeness (QED) is 0.821. The van der Waals surface area contributed by atoms with Crippen molar-refractivity contribution in [2.75, 3.05) is 7.05 Å². The first-order valence-electron chi connectivity index (χ1n) is 7.73. The predicted octanol–water partition coefficient (Wildman–Crippen LogP) is 3.62. The van der Waals surface area contributed by atoms with E-state index in [1.54, 1.807) is 0 Å². The predicted molar refractivity (Wildman–Crippen MR) is 80.8 cm³/mol. The van der Waals surface area contributed by atoms with Gasteiger partial charge < -0.3 is 0 Å². The van der Waals surface area contributed by atoms with Crippen LogP contribution in [0.5, 0.6) is 0 Å². The fraction of sp³-hybridized carbons (Fsp3) is 0.647. The summed E-state index contributed by atoms with van der Waals surface area (Å²) in [5, 5.41) is 9.41. The molecule has 1 aliphatic carbocycles. The number of aromatic nitrogens is 1. The minimum absolute atomic E-state index is 0.190. The molecule has 0 saturated heterocycles. The molecule has 3 unspecified atom stereocenters. The number of hydrogen-bond acceptors (Lipinski definition) is 3. The van der Waals surface area contributed by atoms with E-state index in [9.17, 15) is 5.26 Å². The molecule has 0 spiro atoms. The van der Waals surface area contributed by atoms with Gasteiger partial charge in [-0.05, 0) is 49.9 Å². The van der Waals surface area contributed by atoms with Crippen LogP contribution in [0.2, 0.25) is 0 Å². The molecule has 1 heterocycles. The Hall–Kier alpha value is -1.40. The second-order valence-corrected chi connectivity index (χ2v) is 6.04. The van der Waals surface area contributed by atoms with Gasteiger partial charge in [-0.3, -0.25) is 9.88 Å². The van der Waals surface area contributed by atoms with Gasteiger partial charge >= 0.3 is 0 Å². The first-order chi connectivity index (χ1) is 9.74. The number of nitriles is 1. The summed E-state index contributed by atoms with van der Waals surface area (Å²) in [5.74, 6) is 0.990. The molecule has 0 aromatic carbocycles. The first-order valence-corrected chi connectivity index (χ1v) is 7.73. The van der Waals surface area contributed by atoms with Crippen LogP contribution in [0.15, 0.2) is 24.5 Å². The average Bonchev–Trinajstić information content (AvgIpc) is 2.48. The molecule has 0 bridgehead atoms. The molecule has 0 aliphatic heterocycles. The van der Waals surface area contributed by atoms with Crippen molar-refractivity contribution in [3.05, 3.63) is 30.1 Å². The number of hydrogen-bond donors (Lipinski definition) is 0. The summed E-state index contributed by atoms with van der Waals surface area (Å²) >= 11 is 0. The highest BCUT2D eigenvalue weighted by atomic mass is 15.1. The van der Waals surface area contributed by atoms with Crippen LogP contribution in [0.3, 0.4) is 0 Å². The lowest BCUT2D eigenvalue weighted by molar-refractivity contribution is 0.116. The highest BCUT2D eigenvalue weighted by Crippen LogP contribution is 2.34. The number of rotatable bonds is 5. The Labute approximate surface area is 122 Å². The van der Waals surface area contributed by atoms with Gasteiger partial charge in [0.15, 0.2) is 0 Å². The summed E-state index contributed by atoms with van der Waals surface area (Å²) in [6.07, 6.45) is 9.70. The molecule has 1 aromatic heterocycles. The summed E-state index contributed by atoms with van der Waals surface area (Å²) in [6.45, 7) is 3.16. The third kappa shape index (κ3) is 3.80. The van der Waals surface area contributed by atoms with E-state index in [2.05, 4.69) is 42.1 Å². The maximum absolute atomic E-state index is 9.41. The molecule has 0 N–H and O–H groups in total. The largest absolute Gasteiger partial charge is 0.298 e. The van der Waals surface area contributed by atoms with Gasteiger partial charge in [0, 0.05) is 25.0 Å². The van der Waals surface area contributed by atoms with Crippen LogP contribution in [0.1, 0.15) is 44.6 Å². The molecule has 1 fully saturated rings. The van der Waals surface area contributed by atoms with Crippen molar-refractivity contribution in [3.63, 3.8) is 0 Å². The van der Waals surface area contributed by atoms with Gasteiger partial charge in [-0.2, -0.15) is 5.26 Å². The standard InChI is InChI=1S/C17H25N3/c1-3-4-14-5-6-16(12-18)17(11-14)20(2)13-15-7-9-19-10-8-15/h7-10,14,16-17H,3-6,11,13H2,1-2H3. The van der Waals surface area contributed by atoms with Gasteiger partial charge in [0.05, 0.1) is 12.0 Å². The van der Waals surface area contributed by atoms with Crippen LogP contribution >= 0.6 is 0 Å². The van der Waals surface area contributed by atoms with Crippen molar-refractivity contribution in [2.24, 2.45) is 11.8 Å². The molecule has 2 rings (SSSR count). The van der Waals surface area contributed by atoms with Crippen molar-refractivity contribution in [3.8, 4) is 6.07 Å². The molecular weight excluding hydrogens is 246 g/mol. The molecule has 3 heteroatoms. The van der Waals surface area contributed by atoms with Crippen molar-refractivity contribution in [2.45, 2.75) is 51.6 Å². The average molecular weight is 271 g/mol.